The Bertz CT molecular complexity index is 477. The maximum Gasteiger partial charge on any atom is 0.274 e. The summed E-state index contributed by atoms with van der Waals surface area (Å²) in [7, 11) is -3.81. The molecule has 0 heterocycles. The average Bonchev–Trinajstić information content (AvgIpc) is 2.13. The molecule has 96 valence electrons. The molecule has 0 fully saturated rings. The Morgan fingerprint density at radius 1 is 1.24 bits per heavy atom. The topological polar surface area (TPSA) is 72.2 Å². The average molecular weight is 260 g/mol. The Labute approximate surface area is 101 Å². The van der Waals surface area contributed by atoms with E-state index in [-0.39, 0.29) is 11.2 Å². The zero-order valence-corrected chi connectivity index (χ0v) is 10.9. The number of hydrogen-bond donors (Lipinski definition) is 2. The minimum Gasteiger partial charge on any atom is -0.216 e. The molecule has 1 atom stereocenters. The van der Waals surface area contributed by atoms with Crippen molar-refractivity contribution < 1.29 is 12.8 Å². The lowest BCUT2D eigenvalue weighted by Gasteiger charge is -2.31. The second-order valence-corrected chi connectivity index (χ2v) is 6.34. The van der Waals surface area contributed by atoms with Crippen LogP contribution >= 0.6 is 0 Å². The second kappa shape index (κ2) is 4.72. The maximum absolute atomic E-state index is 12.8. The Balaban J connectivity index is 3.12. The summed E-state index contributed by atoms with van der Waals surface area (Å²) in [6.45, 7) is 5.62. The first-order valence-corrected chi connectivity index (χ1v) is 6.70. The van der Waals surface area contributed by atoms with Crippen LogP contribution in [0.3, 0.4) is 0 Å². The van der Waals surface area contributed by atoms with E-state index in [9.17, 15) is 12.8 Å². The highest BCUT2D eigenvalue weighted by atomic mass is 32.2. The van der Waals surface area contributed by atoms with Gasteiger partial charge in [-0.3, -0.25) is 0 Å². The van der Waals surface area contributed by atoms with Crippen LogP contribution in [0.5, 0.6) is 0 Å². The minimum atomic E-state index is -3.81. The molecule has 0 aliphatic carbocycles. The number of halogens is 1. The molecule has 0 aliphatic heterocycles. The molecule has 1 unspecified atom stereocenters. The normalized spacial score (nSPS) is 14.6. The predicted octanol–water partition coefficient (Wildman–Crippen LogP) is 1.71. The highest BCUT2D eigenvalue weighted by molar-refractivity contribution is 7.87. The van der Waals surface area contributed by atoms with Crippen molar-refractivity contribution in [1.82, 2.24) is 4.72 Å². The fraction of sp³-hybridized carbons (Fsp3) is 0.455. The van der Waals surface area contributed by atoms with Gasteiger partial charge < -0.3 is 0 Å². The van der Waals surface area contributed by atoms with Gasteiger partial charge in [-0.2, -0.15) is 13.1 Å². The van der Waals surface area contributed by atoms with E-state index in [1.807, 2.05) is 20.8 Å². The first kappa shape index (κ1) is 14.1. The van der Waals surface area contributed by atoms with Crippen molar-refractivity contribution in [2.24, 2.45) is 10.6 Å². The lowest BCUT2D eigenvalue weighted by atomic mass is 9.83. The molecular weight excluding hydrogens is 243 g/mol. The fourth-order valence-corrected chi connectivity index (χ4v) is 2.38. The largest absolute Gasteiger partial charge is 0.274 e. The molecule has 1 aromatic rings. The summed E-state index contributed by atoms with van der Waals surface area (Å²) in [5.74, 6) is -0.364. The second-order valence-electron chi connectivity index (χ2n) is 5.01. The monoisotopic (exact) mass is 260 g/mol. The Hall–Kier alpha value is -0.980. The Kier molecular flexibility index (Phi) is 3.91. The van der Waals surface area contributed by atoms with E-state index in [0.29, 0.717) is 5.56 Å². The zero-order chi connectivity index (χ0) is 13.3. The van der Waals surface area contributed by atoms with E-state index in [2.05, 4.69) is 4.72 Å². The molecule has 3 N–H and O–H groups in total. The van der Waals surface area contributed by atoms with Crippen LogP contribution in [-0.2, 0) is 10.2 Å². The molecule has 0 aliphatic rings. The molecule has 0 saturated heterocycles. The van der Waals surface area contributed by atoms with Gasteiger partial charge in [-0.15, -0.1) is 0 Å². The predicted molar refractivity (Wildman–Crippen MR) is 64.8 cm³/mol. The lowest BCUT2D eigenvalue weighted by molar-refractivity contribution is 0.304. The molecule has 0 saturated carbocycles. The van der Waals surface area contributed by atoms with Crippen LogP contribution in [0.1, 0.15) is 32.4 Å². The number of benzene rings is 1. The summed E-state index contributed by atoms with van der Waals surface area (Å²) in [5, 5.41) is 4.99. The van der Waals surface area contributed by atoms with E-state index in [0.717, 1.165) is 0 Å². The van der Waals surface area contributed by atoms with Gasteiger partial charge in [0.15, 0.2) is 0 Å². The van der Waals surface area contributed by atoms with Crippen LogP contribution in [0.4, 0.5) is 4.39 Å². The molecule has 17 heavy (non-hydrogen) atoms. The van der Waals surface area contributed by atoms with E-state index in [1.165, 1.54) is 12.1 Å². The van der Waals surface area contributed by atoms with Crippen LogP contribution in [-0.4, -0.2) is 8.42 Å². The summed E-state index contributed by atoms with van der Waals surface area (Å²) in [6.07, 6.45) is 0. The molecule has 0 amide bonds. The summed E-state index contributed by atoms with van der Waals surface area (Å²) < 4.78 is 37.4. The highest BCUT2D eigenvalue weighted by Gasteiger charge is 2.28. The van der Waals surface area contributed by atoms with Crippen molar-refractivity contribution >= 4 is 10.2 Å². The van der Waals surface area contributed by atoms with Crippen LogP contribution in [0, 0.1) is 11.2 Å². The van der Waals surface area contributed by atoms with Crippen molar-refractivity contribution in [1.29, 1.82) is 0 Å². The van der Waals surface area contributed by atoms with Gasteiger partial charge in [0.25, 0.3) is 10.2 Å². The minimum absolute atomic E-state index is 0.364. The fourth-order valence-electron chi connectivity index (χ4n) is 1.56. The smallest absolute Gasteiger partial charge is 0.216 e. The molecule has 0 aromatic heterocycles. The number of hydrogen-bond acceptors (Lipinski definition) is 2. The quantitative estimate of drug-likeness (QED) is 0.868. The van der Waals surface area contributed by atoms with Gasteiger partial charge in [0, 0.05) is 0 Å². The van der Waals surface area contributed by atoms with Crippen molar-refractivity contribution in [2.45, 2.75) is 26.8 Å². The molecule has 1 rings (SSSR count). The van der Waals surface area contributed by atoms with Crippen molar-refractivity contribution in [3.8, 4) is 0 Å². The number of nitrogens with one attached hydrogen (secondary N) is 1. The number of nitrogens with two attached hydrogens (primary N) is 1. The van der Waals surface area contributed by atoms with Gasteiger partial charge in [0.1, 0.15) is 5.82 Å². The molecule has 0 radical (unpaired) electrons. The first-order chi connectivity index (χ1) is 7.59. The van der Waals surface area contributed by atoms with Crippen molar-refractivity contribution in [2.75, 3.05) is 0 Å². The summed E-state index contributed by atoms with van der Waals surface area (Å²) in [6, 6.07) is 5.17. The molecule has 4 nitrogen and oxygen atoms in total. The van der Waals surface area contributed by atoms with Crippen molar-refractivity contribution in [3.63, 3.8) is 0 Å². The van der Waals surface area contributed by atoms with Gasteiger partial charge in [-0.05, 0) is 23.1 Å². The molecule has 0 bridgehead atoms. The zero-order valence-electron chi connectivity index (χ0n) is 10.1. The van der Waals surface area contributed by atoms with Crippen LogP contribution in [0.2, 0.25) is 0 Å². The molecule has 0 spiro atoms. The van der Waals surface area contributed by atoms with Crippen LogP contribution in [0.25, 0.3) is 0 Å². The number of rotatable bonds is 3. The molecule has 6 heteroatoms. The third kappa shape index (κ3) is 4.41. The lowest BCUT2D eigenvalue weighted by Crippen LogP contribution is -2.40. The highest BCUT2D eigenvalue weighted by Crippen LogP contribution is 2.33. The van der Waals surface area contributed by atoms with Gasteiger partial charge in [0.2, 0.25) is 0 Å². The summed E-state index contributed by atoms with van der Waals surface area (Å²) in [5.41, 5.74) is 0.303. The summed E-state index contributed by atoms with van der Waals surface area (Å²) in [4.78, 5) is 0. The van der Waals surface area contributed by atoms with E-state index in [1.54, 1.807) is 12.1 Å². The van der Waals surface area contributed by atoms with Gasteiger partial charge >= 0.3 is 0 Å². The van der Waals surface area contributed by atoms with E-state index < -0.39 is 16.3 Å². The standard InChI is InChI=1S/C11H17FN2O2S/c1-11(2,3)10(14-17(13,15)16)8-4-6-9(12)7-5-8/h4-7,10,14H,1-3H3,(H2,13,15,16). The van der Waals surface area contributed by atoms with Crippen LogP contribution in [0.15, 0.2) is 24.3 Å². The molecular formula is C11H17FN2O2S. The maximum atomic E-state index is 12.8. The third-order valence-corrected chi connectivity index (χ3v) is 2.92. The van der Waals surface area contributed by atoms with E-state index >= 15 is 0 Å². The van der Waals surface area contributed by atoms with Gasteiger partial charge in [-0.25, -0.2) is 9.53 Å². The van der Waals surface area contributed by atoms with Gasteiger partial charge in [-0.1, -0.05) is 32.9 Å². The van der Waals surface area contributed by atoms with Crippen LogP contribution < -0.4 is 9.86 Å². The Morgan fingerprint density at radius 2 is 1.71 bits per heavy atom. The SMILES string of the molecule is CC(C)(C)C(NS(N)(=O)=O)c1ccc(F)cc1. The first-order valence-electron chi connectivity index (χ1n) is 5.15. The van der Waals surface area contributed by atoms with E-state index in [4.69, 9.17) is 5.14 Å². The Morgan fingerprint density at radius 3 is 2.06 bits per heavy atom. The third-order valence-electron chi connectivity index (χ3n) is 2.35. The van der Waals surface area contributed by atoms with Crippen molar-refractivity contribution in [3.05, 3.63) is 35.6 Å². The summed E-state index contributed by atoms with van der Waals surface area (Å²) >= 11 is 0. The molecule has 1 aromatic carbocycles. The van der Waals surface area contributed by atoms with Gasteiger partial charge in [0.05, 0.1) is 6.04 Å².